The summed E-state index contributed by atoms with van der Waals surface area (Å²) < 4.78 is 11.5. The number of anilines is 1. The number of methoxy groups -OCH3 is 1. The Morgan fingerprint density at radius 3 is 2.46 bits per heavy atom. The topological polar surface area (TPSA) is 43.4 Å². The summed E-state index contributed by atoms with van der Waals surface area (Å²) in [6.07, 6.45) is 4.96. The highest BCUT2D eigenvalue weighted by molar-refractivity contribution is 6.32. The number of halogens is 2. The van der Waals surface area contributed by atoms with Crippen LogP contribution in [0.5, 0.6) is 11.5 Å². The molecule has 0 unspecified atom stereocenters. The third kappa shape index (κ3) is 4.46. The van der Waals surface area contributed by atoms with Gasteiger partial charge in [-0.25, -0.2) is 4.98 Å². The summed E-state index contributed by atoms with van der Waals surface area (Å²) in [6, 6.07) is 9.44. The maximum absolute atomic E-state index is 6.11. The highest BCUT2D eigenvalue weighted by Gasteiger charge is 2.18. The second-order valence-corrected chi connectivity index (χ2v) is 6.64. The van der Waals surface area contributed by atoms with Crippen LogP contribution in [0.15, 0.2) is 30.3 Å². The van der Waals surface area contributed by atoms with Gasteiger partial charge < -0.3 is 14.8 Å². The van der Waals surface area contributed by atoms with E-state index in [1.807, 2.05) is 18.2 Å². The minimum Gasteiger partial charge on any atom is -0.493 e. The van der Waals surface area contributed by atoms with Crippen molar-refractivity contribution in [3.8, 4) is 11.5 Å². The molecule has 0 bridgehead atoms. The molecule has 128 valence electrons. The molecule has 1 heterocycles. The summed E-state index contributed by atoms with van der Waals surface area (Å²) in [7, 11) is 1.66. The van der Waals surface area contributed by atoms with Crippen molar-refractivity contribution in [3.63, 3.8) is 0 Å². The molecule has 4 nitrogen and oxygen atoms in total. The monoisotopic (exact) mass is 366 g/mol. The van der Waals surface area contributed by atoms with Crippen molar-refractivity contribution in [3.05, 3.63) is 46.2 Å². The van der Waals surface area contributed by atoms with Crippen LogP contribution in [0.25, 0.3) is 0 Å². The first-order valence-electron chi connectivity index (χ1n) is 8.04. The lowest BCUT2D eigenvalue weighted by Gasteiger charge is -2.17. The van der Waals surface area contributed by atoms with E-state index in [9.17, 15) is 0 Å². The number of hydrogen-bond acceptors (Lipinski definition) is 4. The Morgan fingerprint density at radius 1 is 1.08 bits per heavy atom. The Kier molecular flexibility index (Phi) is 5.69. The SMILES string of the molecule is COc1ccc(NCc2cc(Cl)nc(Cl)c2)cc1OC1CCCC1. The highest BCUT2D eigenvalue weighted by Crippen LogP contribution is 2.34. The zero-order valence-corrected chi connectivity index (χ0v) is 15.0. The molecule has 3 rings (SSSR count). The predicted octanol–water partition coefficient (Wildman–Crippen LogP) is 5.33. The predicted molar refractivity (Wildman–Crippen MR) is 97.5 cm³/mol. The zero-order chi connectivity index (χ0) is 16.9. The maximum atomic E-state index is 6.11. The lowest BCUT2D eigenvalue weighted by molar-refractivity contribution is 0.201. The van der Waals surface area contributed by atoms with Crippen LogP contribution in [0.2, 0.25) is 10.3 Å². The van der Waals surface area contributed by atoms with Crippen LogP contribution in [0.1, 0.15) is 31.2 Å². The molecule has 0 saturated heterocycles. The number of nitrogens with one attached hydrogen (secondary N) is 1. The van der Waals surface area contributed by atoms with Crippen LogP contribution in [-0.2, 0) is 6.54 Å². The van der Waals surface area contributed by atoms with Gasteiger partial charge >= 0.3 is 0 Å². The molecule has 24 heavy (non-hydrogen) atoms. The molecule has 0 aliphatic heterocycles. The van der Waals surface area contributed by atoms with E-state index >= 15 is 0 Å². The fourth-order valence-corrected chi connectivity index (χ4v) is 3.39. The largest absolute Gasteiger partial charge is 0.493 e. The third-order valence-corrected chi connectivity index (χ3v) is 4.47. The lowest BCUT2D eigenvalue weighted by atomic mass is 10.2. The van der Waals surface area contributed by atoms with Gasteiger partial charge in [0.2, 0.25) is 0 Å². The molecule has 1 fully saturated rings. The molecule has 1 aliphatic rings. The molecule has 0 spiro atoms. The molecular formula is C18H20Cl2N2O2. The van der Waals surface area contributed by atoms with E-state index in [-0.39, 0.29) is 6.10 Å². The molecule has 1 saturated carbocycles. The Balaban J connectivity index is 1.70. The van der Waals surface area contributed by atoms with Crippen molar-refractivity contribution < 1.29 is 9.47 Å². The third-order valence-electron chi connectivity index (χ3n) is 4.08. The summed E-state index contributed by atoms with van der Waals surface area (Å²) >= 11 is 11.9. The van der Waals surface area contributed by atoms with Gasteiger partial charge in [0.1, 0.15) is 10.3 Å². The van der Waals surface area contributed by atoms with E-state index in [1.165, 1.54) is 12.8 Å². The van der Waals surface area contributed by atoms with Gasteiger partial charge in [-0.05, 0) is 55.5 Å². The van der Waals surface area contributed by atoms with Crippen molar-refractivity contribution >= 4 is 28.9 Å². The standard InChI is InChI=1S/C18H20Cl2N2O2/c1-23-15-7-6-13(10-16(15)24-14-4-2-3-5-14)21-11-12-8-17(19)22-18(20)9-12/h6-10,14,21H,2-5,11H2,1H3. The van der Waals surface area contributed by atoms with Crippen molar-refractivity contribution in [1.82, 2.24) is 4.98 Å². The summed E-state index contributed by atoms with van der Waals surface area (Å²) in [5.74, 6) is 1.53. The van der Waals surface area contributed by atoms with Crippen LogP contribution in [0.3, 0.4) is 0 Å². The Bertz CT molecular complexity index is 683. The molecular weight excluding hydrogens is 347 g/mol. The van der Waals surface area contributed by atoms with Crippen LogP contribution in [0, 0.1) is 0 Å². The number of nitrogens with zero attached hydrogens (tertiary/aromatic N) is 1. The fraction of sp³-hybridized carbons (Fsp3) is 0.389. The van der Waals surface area contributed by atoms with Gasteiger partial charge in [0.15, 0.2) is 11.5 Å². The molecule has 1 aliphatic carbocycles. The number of aromatic nitrogens is 1. The molecule has 0 radical (unpaired) electrons. The van der Waals surface area contributed by atoms with Crippen molar-refractivity contribution in [2.45, 2.75) is 38.3 Å². The number of pyridine rings is 1. The van der Waals surface area contributed by atoms with E-state index in [0.717, 1.165) is 35.6 Å². The zero-order valence-electron chi connectivity index (χ0n) is 13.5. The minimum absolute atomic E-state index is 0.284. The van der Waals surface area contributed by atoms with Gasteiger partial charge in [0, 0.05) is 18.3 Å². The van der Waals surface area contributed by atoms with Crippen molar-refractivity contribution in [2.24, 2.45) is 0 Å². The van der Waals surface area contributed by atoms with Gasteiger partial charge in [-0.2, -0.15) is 0 Å². The molecule has 0 amide bonds. The van der Waals surface area contributed by atoms with E-state index in [0.29, 0.717) is 16.9 Å². The average Bonchev–Trinajstić information content (AvgIpc) is 3.05. The van der Waals surface area contributed by atoms with Crippen LogP contribution in [0.4, 0.5) is 5.69 Å². The normalized spacial score (nSPS) is 14.6. The van der Waals surface area contributed by atoms with Crippen LogP contribution >= 0.6 is 23.2 Å². The Hall–Kier alpha value is -1.65. The number of benzene rings is 1. The van der Waals surface area contributed by atoms with Gasteiger partial charge in [-0.15, -0.1) is 0 Å². The second-order valence-electron chi connectivity index (χ2n) is 5.86. The average molecular weight is 367 g/mol. The van der Waals surface area contributed by atoms with Gasteiger partial charge in [-0.3, -0.25) is 0 Å². The molecule has 0 atom stereocenters. The molecule has 1 N–H and O–H groups in total. The van der Waals surface area contributed by atoms with Crippen molar-refractivity contribution in [1.29, 1.82) is 0 Å². The van der Waals surface area contributed by atoms with E-state index < -0.39 is 0 Å². The minimum atomic E-state index is 0.284. The van der Waals surface area contributed by atoms with Crippen LogP contribution < -0.4 is 14.8 Å². The maximum Gasteiger partial charge on any atom is 0.163 e. The van der Waals surface area contributed by atoms with Crippen molar-refractivity contribution in [2.75, 3.05) is 12.4 Å². The molecule has 1 aromatic heterocycles. The lowest BCUT2D eigenvalue weighted by Crippen LogP contribution is -2.12. The Morgan fingerprint density at radius 2 is 1.79 bits per heavy atom. The summed E-state index contributed by atoms with van der Waals surface area (Å²) in [5, 5.41) is 4.13. The molecule has 1 aromatic carbocycles. The van der Waals surface area contributed by atoms with Gasteiger partial charge in [-0.1, -0.05) is 23.2 Å². The number of rotatable bonds is 6. The first-order valence-corrected chi connectivity index (χ1v) is 8.80. The van der Waals surface area contributed by atoms with E-state index in [2.05, 4.69) is 10.3 Å². The highest BCUT2D eigenvalue weighted by atomic mass is 35.5. The van der Waals surface area contributed by atoms with Crippen LogP contribution in [-0.4, -0.2) is 18.2 Å². The van der Waals surface area contributed by atoms with Gasteiger partial charge in [0.25, 0.3) is 0 Å². The molecule has 6 heteroatoms. The summed E-state index contributed by atoms with van der Waals surface area (Å²) in [6.45, 7) is 0.594. The number of hydrogen-bond donors (Lipinski definition) is 1. The quantitative estimate of drug-likeness (QED) is 0.701. The smallest absolute Gasteiger partial charge is 0.163 e. The second kappa shape index (κ2) is 7.95. The summed E-state index contributed by atoms with van der Waals surface area (Å²) in [4.78, 5) is 3.95. The van der Waals surface area contributed by atoms with E-state index in [1.54, 1.807) is 19.2 Å². The molecule has 2 aromatic rings. The van der Waals surface area contributed by atoms with E-state index in [4.69, 9.17) is 32.7 Å². The van der Waals surface area contributed by atoms with Gasteiger partial charge in [0.05, 0.1) is 13.2 Å². The summed E-state index contributed by atoms with van der Waals surface area (Å²) in [5.41, 5.74) is 1.92. The first-order chi connectivity index (χ1) is 11.6. The number of ether oxygens (including phenoxy) is 2. The fourth-order valence-electron chi connectivity index (χ4n) is 2.88. The first kappa shape index (κ1) is 17.2. The Labute approximate surface area is 152 Å².